The van der Waals surface area contributed by atoms with Gasteiger partial charge in [-0.05, 0) is 44.4 Å². The van der Waals surface area contributed by atoms with E-state index >= 15 is 0 Å². The van der Waals surface area contributed by atoms with Crippen LogP contribution in [0.5, 0.6) is 0 Å². The zero-order valence-electron chi connectivity index (χ0n) is 12.4. The van der Waals surface area contributed by atoms with Gasteiger partial charge < -0.3 is 4.74 Å². The van der Waals surface area contributed by atoms with Crippen molar-refractivity contribution in [1.29, 1.82) is 0 Å². The maximum atomic E-state index is 11.8. The molecule has 104 valence electrons. The summed E-state index contributed by atoms with van der Waals surface area (Å²) in [5.74, 6) is 1.29. The molecule has 2 unspecified atom stereocenters. The van der Waals surface area contributed by atoms with Crippen LogP contribution < -0.4 is 0 Å². The average Bonchev–Trinajstić information content (AvgIpc) is 2.28. The predicted molar refractivity (Wildman–Crippen MR) is 75.3 cm³/mol. The molecule has 0 amide bonds. The van der Waals surface area contributed by atoms with Gasteiger partial charge in [-0.15, -0.1) is 0 Å². The van der Waals surface area contributed by atoms with Gasteiger partial charge in [-0.2, -0.15) is 0 Å². The second-order valence-corrected chi connectivity index (χ2v) is 5.92. The first kappa shape index (κ1) is 15.3. The van der Waals surface area contributed by atoms with Crippen molar-refractivity contribution in [2.45, 2.75) is 59.8 Å². The fourth-order valence-electron chi connectivity index (χ4n) is 2.68. The smallest absolute Gasteiger partial charge is 0.309 e. The van der Waals surface area contributed by atoms with Crippen molar-refractivity contribution in [1.82, 2.24) is 0 Å². The molecule has 0 spiro atoms. The van der Waals surface area contributed by atoms with Gasteiger partial charge >= 0.3 is 5.97 Å². The molecule has 0 saturated heterocycles. The van der Waals surface area contributed by atoms with Crippen molar-refractivity contribution < 1.29 is 9.53 Å². The molecule has 2 heteroatoms. The first-order valence-corrected chi connectivity index (χ1v) is 7.39. The van der Waals surface area contributed by atoms with E-state index in [9.17, 15) is 4.79 Å². The Labute approximate surface area is 112 Å². The monoisotopic (exact) mass is 252 g/mol. The highest BCUT2D eigenvalue weighted by Gasteiger charge is 2.28. The molecule has 0 aromatic rings. The van der Waals surface area contributed by atoms with E-state index in [0.29, 0.717) is 12.5 Å². The van der Waals surface area contributed by atoms with Crippen LogP contribution >= 0.6 is 0 Å². The van der Waals surface area contributed by atoms with E-state index < -0.39 is 0 Å². The molecule has 1 aliphatic rings. The summed E-state index contributed by atoms with van der Waals surface area (Å²) in [7, 11) is 0. The first-order valence-electron chi connectivity index (χ1n) is 7.39. The topological polar surface area (TPSA) is 26.3 Å². The van der Waals surface area contributed by atoms with Crippen molar-refractivity contribution in [2.75, 3.05) is 6.61 Å². The van der Waals surface area contributed by atoms with E-state index in [1.165, 1.54) is 19.3 Å². The fourth-order valence-corrected chi connectivity index (χ4v) is 2.68. The number of rotatable bonds is 6. The quantitative estimate of drug-likeness (QED) is 0.519. The SMILES string of the molecule is CCOC(=O)C1CC=C(CCCC(C)C)CC1C. The summed E-state index contributed by atoms with van der Waals surface area (Å²) in [6, 6.07) is 0. The minimum absolute atomic E-state index is 0.0116. The number of hydrogen-bond donors (Lipinski definition) is 0. The number of hydrogen-bond acceptors (Lipinski definition) is 2. The van der Waals surface area contributed by atoms with E-state index in [1.807, 2.05) is 6.92 Å². The summed E-state index contributed by atoms with van der Waals surface area (Å²) in [6.07, 6.45) is 8.01. The Morgan fingerprint density at radius 2 is 2.22 bits per heavy atom. The average molecular weight is 252 g/mol. The van der Waals surface area contributed by atoms with Gasteiger partial charge in [0, 0.05) is 0 Å². The molecule has 0 aliphatic heterocycles. The molecular weight excluding hydrogens is 224 g/mol. The van der Waals surface area contributed by atoms with Gasteiger partial charge in [0.05, 0.1) is 12.5 Å². The van der Waals surface area contributed by atoms with Crippen molar-refractivity contribution in [3.63, 3.8) is 0 Å². The summed E-state index contributed by atoms with van der Waals surface area (Å²) in [5, 5.41) is 0. The van der Waals surface area contributed by atoms with Crippen LogP contribution in [0.4, 0.5) is 0 Å². The zero-order chi connectivity index (χ0) is 13.5. The Kier molecular flexibility index (Phi) is 6.45. The van der Waals surface area contributed by atoms with Crippen molar-refractivity contribution in [2.24, 2.45) is 17.8 Å². The molecule has 0 saturated carbocycles. The van der Waals surface area contributed by atoms with Gasteiger partial charge in [0.2, 0.25) is 0 Å². The lowest BCUT2D eigenvalue weighted by molar-refractivity contribution is -0.149. The third-order valence-electron chi connectivity index (χ3n) is 3.80. The van der Waals surface area contributed by atoms with E-state index in [2.05, 4.69) is 26.8 Å². The third kappa shape index (κ3) is 4.83. The van der Waals surface area contributed by atoms with Crippen LogP contribution in [0.1, 0.15) is 59.8 Å². The molecule has 1 rings (SSSR count). The Morgan fingerprint density at radius 1 is 1.50 bits per heavy atom. The van der Waals surface area contributed by atoms with Crippen LogP contribution in [-0.4, -0.2) is 12.6 Å². The lowest BCUT2D eigenvalue weighted by Crippen LogP contribution is -2.26. The molecule has 0 N–H and O–H groups in total. The molecule has 0 aromatic carbocycles. The fraction of sp³-hybridized carbons (Fsp3) is 0.812. The van der Waals surface area contributed by atoms with Crippen LogP contribution in [0.2, 0.25) is 0 Å². The summed E-state index contributed by atoms with van der Waals surface area (Å²) in [6.45, 7) is 9.09. The Morgan fingerprint density at radius 3 is 2.78 bits per heavy atom. The Balaban J connectivity index is 2.41. The zero-order valence-corrected chi connectivity index (χ0v) is 12.4. The second-order valence-electron chi connectivity index (χ2n) is 5.92. The minimum atomic E-state index is -0.0116. The van der Waals surface area contributed by atoms with Gasteiger partial charge in [-0.25, -0.2) is 0 Å². The van der Waals surface area contributed by atoms with Gasteiger partial charge in [0.1, 0.15) is 0 Å². The number of carbonyl (C=O) groups is 1. The number of esters is 1. The van der Waals surface area contributed by atoms with Gasteiger partial charge in [-0.1, -0.05) is 38.8 Å². The molecule has 0 heterocycles. The molecule has 18 heavy (non-hydrogen) atoms. The highest BCUT2D eigenvalue weighted by molar-refractivity contribution is 5.73. The molecule has 0 aromatic heterocycles. The van der Waals surface area contributed by atoms with Crippen molar-refractivity contribution in [3.05, 3.63) is 11.6 Å². The van der Waals surface area contributed by atoms with Crippen LogP contribution in [0.25, 0.3) is 0 Å². The highest BCUT2D eigenvalue weighted by atomic mass is 16.5. The molecule has 2 atom stereocenters. The number of allylic oxidation sites excluding steroid dienone is 2. The van der Waals surface area contributed by atoms with Crippen molar-refractivity contribution in [3.8, 4) is 0 Å². The lowest BCUT2D eigenvalue weighted by atomic mass is 9.79. The summed E-state index contributed by atoms with van der Waals surface area (Å²) in [4.78, 5) is 11.8. The lowest BCUT2D eigenvalue weighted by Gasteiger charge is -2.27. The van der Waals surface area contributed by atoms with E-state index in [-0.39, 0.29) is 11.9 Å². The highest BCUT2D eigenvalue weighted by Crippen LogP contribution is 2.32. The summed E-state index contributed by atoms with van der Waals surface area (Å²) >= 11 is 0. The van der Waals surface area contributed by atoms with Gasteiger partial charge in [-0.3, -0.25) is 4.79 Å². The second kappa shape index (κ2) is 7.60. The maximum Gasteiger partial charge on any atom is 0.309 e. The number of carbonyl (C=O) groups excluding carboxylic acids is 1. The van der Waals surface area contributed by atoms with E-state index in [1.54, 1.807) is 5.57 Å². The van der Waals surface area contributed by atoms with Crippen LogP contribution in [-0.2, 0) is 9.53 Å². The third-order valence-corrected chi connectivity index (χ3v) is 3.80. The molecule has 1 aliphatic carbocycles. The summed E-state index contributed by atoms with van der Waals surface area (Å²) < 4.78 is 5.13. The molecular formula is C16H28O2. The van der Waals surface area contributed by atoms with Crippen LogP contribution in [0.3, 0.4) is 0 Å². The molecule has 0 radical (unpaired) electrons. The molecule has 0 fully saturated rings. The predicted octanol–water partition coefficient (Wildman–Crippen LogP) is 4.35. The minimum Gasteiger partial charge on any atom is -0.466 e. The largest absolute Gasteiger partial charge is 0.466 e. The summed E-state index contributed by atoms with van der Waals surface area (Å²) in [5.41, 5.74) is 1.55. The normalized spacial score (nSPS) is 23.9. The Bertz CT molecular complexity index is 291. The van der Waals surface area contributed by atoms with Gasteiger partial charge in [0.15, 0.2) is 0 Å². The van der Waals surface area contributed by atoms with Crippen LogP contribution in [0.15, 0.2) is 11.6 Å². The number of ether oxygens (including phenoxy) is 1. The van der Waals surface area contributed by atoms with Crippen LogP contribution in [0, 0.1) is 17.8 Å². The molecule has 0 bridgehead atoms. The first-order chi connectivity index (χ1) is 8.54. The standard InChI is InChI=1S/C16H28O2/c1-5-18-16(17)15-10-9-14(11-13(15)4)8-6-7-12(2)3/h9,12-13,15H,5-8,10-11H2,1-4H3. The van der Waals surface area contributed by atoms with Crippen molar-refractivity contribution >= 4 is 5.97 Å². The Hall–Kier alpha value is -0.790. The van der Waals surface area contributed by atoms with E-state index in [4.69, 9.17) is 4.74 Å². The molecule has 2 nitrogen and oxygen atoms in total. The van der Waals surface area contributed by atoms with Gasteiger partial charge in [0.25, 0.3) is 0 Å². The maximum absolute atomic E-state index is 11.8. The van der Waals surface area contributed by atoms with E-state index in [0.717, 1.165) is 18.8 Å².